The van der Waals surface area contributed by atoms with Crippen LogP contribution in [0.5, 0.6) is 11.5 Å². The average molecular weight is 677 g/mol. The van der Waals surface area contributed by atoms with Gasteiger partial charge in [-0.1, -0.05) is 36.4 Å². The molecule has 12 nitrogen and oxygen atoms in total. The van der Waals surface area contributed by atoms with Crippen LogP contribution in [0.15, 0.2) is 67.3 Å². The van der Waals surface area contributed by atoms with Gasteiger partial charge in [-0.15, -0.1) is 6.58 Å². The number of rotatable bonds is 9. The van der Waals surface area contributed by atoms with Crippen molar-refractivity contribution in [1.82, 2.24) is 19.5 Å². The van der Waals surface area contributed by atoms with Gasteiger partial charge in [-0.05, 0) is 58.1 Å². The molecule has 13 heteroatoms. The zero-order valence-electron chi connectivity index (χ0n) is 27.4. The van der Waals surface area contributed by atoms with Gasteiger partial charge in [-0.3, -0.25) is 14.6 Å². The summed E-state index contributed by atoms with van der Waals surface area (Å²) >= 11 is 0. The molecule has 2 heterocycles. The second kappa shape index (κ2) is 12.8. The number of aromatic nitrogens is 1. The van der Waals surface area contributed by atoms with Crippen LogP contribution in [0.3, 0.4) is 0 Å². The lowest BCUT2D eigenvalue weighted by atomic mass is 10.1. The molecule has 4 amide bonds. The lowest BCUT2D eigenvalue weighted by molar-refractivity contribution is -0.133. The third-order valence-corrected chi connectivity index (χ3v) is 10.4. The highest BCUT2D eigenvalue weighted by Gasteiger charge is 2.52. The first-order valence-corrected chi connectivity index (χ1v) is 17.5. The molecule has 3 aliphatic rings. The summed E-state index contributed by atoms with van der Waals surface area (Å²) in [5, 5.41) is 0.0402. The van der Waals surface area contributed by atoms with Gasteiger partial charge in [-0.2, -0.15) is 0 Å². The van der Waals surface area contributed by atoms with E-state index in [9.17, 15) is 22.8 Å². The zero-order chi connectivity index (χ0) is 34.4. The normalized spacial score (nSPS) is 22.1. The minimum atomic E-state index is -3.94. The molecule has 48 heavy (non-hydrogen) atoms. The quantitative estimate of drug-likeness (QED) is 0.300. The number of carbonyl (C=O) groups is 3. The maximum Gasteiger partial charge on any atom is 0.411 e. The van der Waals surface area contributed by atoms with Crippen LogP contribution >= 0.6 is 0 Å². The number of benzene rings is 2. The molecule has 6 rings (SSSR count). The van der Waals surface area contributed by atoms with Crippen molar-refractivity contribution >= 4 is 39.0 Å². The summed E-state index contributed by atoms with van der Waals surface area (Å²) < 4.78 is 45.2. The Kier molecular flexibility index (Phi) is 8.84. The molecular formula is C35H40N4O8S. The predicted octanol–water partition coefficient (Wildman–Crippen LogP) is 5.27. The van der Waals surface area contributed by atoms with Crippen LogP contribution in [0.2, 0.25) is 0 Å². The van der Waals surface area contributed by atoms with Crippen LogP contribution in [-0.4, -0.2) is 83.9 Å². The Bertz CT molecular complexity index is 1860. The Morgan fingerprint density at radius 3 is 2.42 bits per heavy atom. The van der Waals surface area contributed by atoms with E-state index in [0.717, 1.165) is 10.5 Å². The SMILES string of the molecule is C=CC1CC1N(C(=O)NS(=O)(=O)C1CC1)C(=O)[C@@H]1C[C@@H](Oc2cc(-c3ccccc3)nc3cc(OC)ccc23)CN1C(=O)OC(C)(C)C. The molecule has 2 saturated carbocycles. The molecule has 0 radical (unpaired) electrons. The Balaban J connectivity index is 1.33. The number of fused-ring (bicyclic) bond motifs is 1. The maximum absolute atomic E-state index is 14.3. The van der Waals surface area contributed by atoms with E-state index in [1.807, 2.05) is 42.5 Å². The lowest BCUT2D eigenvalue weighted by Crippen LogP contribution is -2.55. The first-order valence-electron chi connectivity index (χ1n) is 16.0. The third kappa shape index (κ3) is 7.10. The first-order chi connectivity index (χ1) is 22.8. The van der Waals surface area contributed by atoms with Crippen LogP contribution in [0, 0.1) is 5.92 Å². The van der Waals surface area contributed by atoms with Crippen molar-refractivity contribution in [3.8, 4) is 22.8 Å². The summed E-state index contributed by atoms with van der Waals surface area (Å²) in [5.41, 5.74) is 1.29. The molecule has 254 valence electrons. The molecule has 3 aromatic rings. The van der Waals surface area contributed by atoms with Crippen molar-refractivity contribution in [2.24, 2.45) is 5.92 Å². The van der Waals surface area contributed by atoms with E-state index in [4.69, 9.17) is 19.2 Å². The number of ether oxygens (including phenoxy) is 3. The number of amides is 4. The number of sulfonamides is 1. The highest BCUT2D eigenvalue weighted by Crippen LogP contribution is 2.40. The molecule has 1 aromatic heterocycles. The number of hydrogen-bond acceptors (Lipinski definition) is 9. The van der Waals surface area contributed by atoms with Crippen molar-refractivity contribution < 1.29 is 37.0 Å². The van der Waals surface area contributed by atoms with E-state index in [2.05, 4.69) is 11.3 Å². The molecule has 2 unspecified atom stereocenters. The summed E-state index contributed by atoms with van der Waals surface area (Å²) in [6.45, 7) is 8.92. The highest BCUT2D eigenvalue weighted by molar-refractivity contribution is 7.90. The van der Waals surface area contributed by atoms with Gasteiger partial charge in [0.05, 0.1) is 30.1 Å². The van der Waals surface area contributed by atoms with Crippen molar-refractivity contribution in [3.05, 3.63) is 67.3 Å². The van der Waals surface area contributed by atoms with E-state index in [0.29, 0.717) is 47.4 Å². The summed E-state index contributed by atoms with van der Waals surface area (Å²) in [6, 6.07) is 14.1. The van der Waals surface area contributed by atoms with E-state index in [1.54, 1.807) is 46.1 Å². The molecule has 4 atom stereocenters. The fourth-order valence-corrected chi connectivity index (χ4v) is 7.20. The number of likely N-dealkylation sites (tertiary alicyclic amines) is 1. The third-order valence-electron chi connectivity index (χ3n) is 8.61. The van der Waals surface area contributed by atoms with E-state index in [1.165, 1.54) is 4.90 Å². The van der Waals surface area contributed by atoms with Gasteiger partial charge in [0.2, 0.25) is 10.0 Å². The largest absolute Gasteiger partial charge is 0.497 e. The second-order valence-electron chi connectivity index (χ2n) is 13.4. The molecule has 1 saturated heterocycles. The van der Waals surface area contributed by atoms with Gasteiger partial charge in [-0.25, -0.2) is 27.7 Å². The molecule has 0 spiro atoms. The number of hydrogen-bond donors (Lipinski definition) is 1. The predicted molar refractivity (Wildman–Crippen MR) is 179 cm³/mol. The Hall–Kier alpha value is -4.65. The van der Waals surface area contributed by atoms with Crippen molar-refractivity contribution in [2.45, 2.75) is 75.5 Å². The lowest BCUT2D eigenvalue weighted by Gasteiger charge is -2.30. The smallest absolute Gasteiger partial charge is 0.411 e. The monoisotopic (exact) mass is 676 g/mol. The summed E-state index contributed by atoms with van der Waals surface area (Å²) in [6.07, 6.45) is 1.58. The number of carbonyl (C=O) groups excluding carboxylic acids is 3. The number of nitrogens with zero attached hydrogens (tertiary/aromatic N) is 3. The van der Waals surface area contributed by atoms with Gasteiger partial charge < -0.3 is 14.2 Å². The van der Waals surface area contributed by atoms with E-state index < -0.39 is 57.1 Å². The van der Waals surface area contributed by atoms with Crippen LogP contribution in [0.25, 0.3) is 22.2 Å². The van der Waals surface area contributed by atoms with Crippen molar-refractivity contribution in [3.63, 3.8) is 0 Å². The first kappa shape index (κ1) is 33.3. The Morgan fingerprint density at radius 1 is 1.06 bits per heavy atom. The van der Waals surface area contributed by atoms with Crippen LogP contribution in [0.1, 0.15) is 46.5 Å². The maximum atomic E-state index is 14.3. The van der Waals surface area contributed by atoms with E-state index >= 15 is 0 Å². The fraction of sp³-hybridized carbons (Fsp3) is 0.429. The average Bonchev–Trinajstić information content (AvgIpc) is 3.98. The van der Waals surface area contributed by atoms with E-state index in [-0.39, 0.29) is 18.9 Å². The van der Waals surface area contributed by atoms with Gasteiger partial charge in [0, 0.05) is 35.5 Å². The molecule has 1 aliphatic heterocycles. The molecule has 3 fully saturated rings. The number of methoxy groups -OCH3 is 1. The molecule has 1 N–H and O–H groups in total. The second-order valence-corrected chi connectivity index (χ2v) is 15.4. The molecule has 2 aromatic carbocycles. The van der Waals surface area contributed by atoms with Gasteiger partial charge in [0.1, 0.15) is 29.2 Å². The molecule has 0 bridgehead atoms. The Labute approximate surface area is 280 Å². The standard InChI is InChI=1S/C35H40N4O8S/c1-6-21-16-29(21)39(33(41)37-48(43,44)25-13-14-25)32(40)30-18-24(20-38(30)34(42)47-35(2,3)4)46-31-19-27(22-10-8-7-9-11-22)36-28-17-23(45-5)12-15-26(28)31/h6-12,15,17,19,21,24-25,29-30H,1,13-14,16,18,20H2,2-5H3,(H,37,41)/t21?,24-,29?,30+/m1/s1. The van der Waals surface area contributed by atoms with Crippen LogP contribution in [0.4, 0.5) is 9.59 Å². The van der Waals surface area contributed by atoms with Crippen LogP contribution in [-0.2, 0) is 19.6 Å². The number of pyridine rings is 1. The number of imide groups is 1. The summed E-state index contributed by atoms with van der Waals surface area (Å²) in [7, 11) is -2.37. The van der Waals surface area contributed by atoms with Gasteiger partial charge in [0.15, 0.2) is 0 Å². The minimum absolute atomic E-state index is 0.0165. The minimum Gasteiger partial charge on any atom is -0.497 e. The van der Waals surface area contributed by atoms with Crippen LogP contribution < -0.4 is 14.2 Å². The topological polar surface area (TPSA) is 144 Å². The molecular weight excluding hydrogens is 636 g/mol. The van der Waals surface area contributed by atoms with Gasteiger partial charge in [0.25, 0.3) is 5.91 Å². The molecule has 2 aliphatic carbocycles. The van der Waals surface area contributed by atoms with Crippen molar-refractivity contribution in [2.75, 3.05) is 13.7 Å². The fourth-order valence-electron chi connectivity index (χ4n) is 5.93. The Morgan fingerprint density at radius 2 is 1.79 bits per heavy atom. The van der Waals surface area contributed by atoms with Crippen molar-refractivity contribution in [1.29, 1.82) is 0 Å². The summed E-state index contributed by atoms with van der Waals surface area (Å²) in [5.74, 6) is 0.207. The zero-order valence-corrected chi connectivity index (χ0v) is 28.2. The summed E-state index contributed by atoms with van der Waals surface area (Å²) in [4.78, 5) is 48.4. The van der Waals surface area contributed by atoms with Gasteiger partial charge >= 0.3 is 12.1 Å². The highest BCUT2D eigenvalue weighted by atomic mass is 32.2. The number of urea groups is 1. The number of nitrogens with one attached hydrogen (secondary N) is 1.